The fourth-order valence-electron chi connectivity index (χ4n) is 2.23. The van der Waals surface area contributed by atoms with Crippen LogP contribution in [0.5, 0.6) is 0 Å². The van der Waals surface area contributed by atoms with Crippen LogP contribution in [-0.4, -0.2) is 46.9 Å². The van der Waals surface area contributed by atoms with Crippen LogP contribution in [0.1, 0.15) is 47.0 Å². The predicted octanol–water partition coefficient (Wildman–Crippen LogP) is -0.664. The molecule has 0 bridgehead atoms. The Bertz CT molecular complexity index is 495. The van der Waals surface area contributed by atoms with Gasteiger partial charge in [0, 0.05) is 0 Å². The fourth-order valence-corrected chi connectivity index (χ4v) is 2.23. The summed E-state index contributed by atoms with van der Waals surface area (Å²) in [5.74, 6) is -3.35. The predicted molar refractivity (Wildman–Crippen MR) is 92.2 cm³/mol. The number of carbonyl (C=O) groups excluding carboxylic acids is 3. The van der Waals surface area contributed by atoms with Gasteiger partial charge in [0.25, 0.3) is 0 Å². The Morgan fingerprint density at radius 2 is 1.60 bits per heavy atom. The summed E-state index contributed by atoms with van der Waals surface area (Å²) in [6.45, 7) is 7.26. The number of nitrogens with two attached hydrogens (primary N) is 2. The first kappa shape index (κ1) is 22.8. The van der Waals surface area contributed by atoms with Crippen molar-refractivity contribution in [1.29, 1.82) is 0 Å². The summed E-state index contributed by atoms with van der Waals surface area (Å²) in [5.41, 5.74) is 10.6. The molecule has 0 aromatic heterocycles. The fraction of sp³-hybridized carbons (Fsp3) is 0.750. The zero-order valence-corrected chi connectivity index (χ0v) is 15.2. The second-order valence-corrected chi connectivity index (χ2v) is 6.68. The number of primary amides is 1. The van der Waals surface area contributed by atoms with E-state index in [0.717, 1.165) is 0 Å². The van der Waals surface area contributed by atoms with Crippen LogP contribution < -0.4 is 22.1 Å². The molecule has 0 aliphatic carbocycles. The Balaban J connectivity index is 5.11. The number of carboxylic acid groups (broad SMARTS) is 1. The van der Waals surface area contributed by atoms with Crippen molar-refractivity contribution >= 4 is 23.7 Å². The summed E-state index contributed by atoms with van der Waals surface area (Å²) in [5, 5.41) is 14.2. The topological polar surface area (TPSA) is 165 Å². The highest BCUT2D eigenvalue weighted by molar-refractivity contribution is 5.93. The van der Waals surface area contributed by atoms with Gasteiger partial charge in [0.1, 0.15) is 12.1 Å². The molecule has 0 radical (unpaired) electrons. The number of hydrogen-bond donors (Lipinski definition) is 5. The van der Waals surface area contributed by atoms with E-state index in [1.54, 1.807) is 6.92 Å². The van der Waals surface area contributed by atoms with Crippen LogP contribution in [0.15, 0.2) is 0 Å². The lowest BCUT2D eigenvalue weighted by molar-refractivity contribution is -0.143. The van der Waals surface area contributed by atoms with Gasteiger partial charge in [-0.05, 0) is 18.3 Å². The summed E-state index contributed by atoms with van der Waals surface area (Å²) in [6.07, 6.45) is 0.530. The molecular formula is C16H30N4O5. The monoisotopic (exact) mass is 358 g/mol. The number of carboxylic acids is 1. The minimum Gasteiger partial charge on any atom is -0.480 e. The Morgan fingerprint density at radius 1 is 1.04 bits per heavy atom. The van der Waals surface area contributed by atoms with Gasteiger partial charge in [-0.3, -0.25) is 14.4 Å². The molecule has 0 aromatic carbocycles. The summed E-state index contributed by atoms with van der Waals surface area (Å²) >= 11 is 0. The van der Waals surface area contributed by atoms with E-state index in [1.807, 2.05) is 20.8 Å². The molecule has 25 heavy (non-hydrogen) atoms. The zero-order chi connectivity index (χ0) is 19.7. The smallest absolute Gasteiger partial charge is 0.326 e. The van der Waals surface area contributed by atoms with Crippen molar-refractivity contribution in [3.8, 4) is 0 Å². The molecule has 0 spiro atoms. The van der Waals surface area contributed by atoms with E-state index in [4.69, 9.17) is 11.5 Å². The van der Waals surface area contributed by atoms with Crippen LogP contribution in [0.2, 0.25) is 0 Å². The van der Waals surface area contributed by atoms with Crippen LogP contribution in [0.4, 0.5) is 0 Å². The maximum atomic E-state index is 12.5. The van der Waals surface area contributed by atoms with E-state index in [9.17, 15) is 24.3 Å². The lowest BCUT2D eigenvalue weighted by atomic mass is 9.97. The number of amides is 3. The average Bonchev–Trinajstić information content (AvgIpc) is 2.49. The molecule has 3 amide bonds. The zero-order valence-electron chi connectivity index (χ0n) is 15.2. The molecule has 4 unspecified atom stereocenters. The second kappa shape index (κ2) is 10.7. The summed E-state index contributed by atoms with van der Waals surface area (Å²) in [6, 6.07) is -3.16. The van der Waals surface area contributed by atoms with Crippen LogP contribution >= 0.6 is 0 Å². The van der Waals surface area contributed by atoms with E-state index >= 15 is 0 Å². The third-order valence-electron chi connectivity index (χ3n) is 3.87. The summed E-state index contributed by atoms with van der Waals surface area (Å²) in [4.78, 5) is 46.7. The highest BCUT2D eigenvalue weighted by atomic mass is 16.4. The van der Waals surface area contributed by atoms with Crippen molar-refractivity contribution in [1.82, 2.24) is 10.6 Å². The molecule has 0 saturated heterocycles. The number of nitrogens with one attached hydrogen (secondary N) is 2. The van der Waals surface area contributed by atoms with Crippen LogP contribution in [-0.2, 0) is 19.2 Å². The molecular weight excluding hydrogens is 328 g/mol. The van der Waals surface area contributed by atoms with E-state index in [1.165, 1.54) is 0 Å². The molecule has 7 N–H and O–H groups in total. The quantitative estimate of drug-likeness (QED) is 0.329. The Hall–Kier alpha value is -2.16. The normalized spacial score (nSPS) is 15.8. The summed E-state index contributed by atoms with van der Waals surface area (Å²) in [7, 11) is 0. The Kier molecular flexibility index (Phi) is 9.73. The van der Waals surface area contributed by atoms with Crippen LogP contribution in [0.3, 0.4) is 0 Å². The number of hydrogen-bond acceptors (Lipinski definition) is 5. The molecule has 9 heteroatoms. The van der Waals surface area contributed by atoms with Crippen LogP contribution in [0.25, 0.3) is 0 Å². The lowest BCUT2D eigenvalue weighted by Crippen LogP contribution is -2.56. The van der Waals surface area contributed by atoms with E-state index in [2.05, 4.69) is 10.6 Å². The molecule has 0 saturated carbocycles. The van der Waals surface area contributed by atoms with Crippen molar-refractivity contribution in [2.75, 3.05) is 0 Å². The van der Waals surface area contributed by atoms with E-state index in [0.29, 0.717) is 12.8 Å². The minimum atomic E-state index is -1.16. The highest BCUT2D eigenvalue weighted by Gasteiger charge is 2.30. The van der Waals surface area contributed by atoms with Gasteiger partial charge in [-0.2, -0.15) is 0 Å². The molecule has 0 aromatic rings. The molecule has 0 fully saturated rings. The SMILES string of the molecule is CCC(C)C(NC(=O)C(CC(C)C)NC(=O)C(N)CC(N)=O)C(=O)O. The van der Waals surface area contributed by atoms with Gasteiger partial charge in [-0.25, -0.2) is 4.79 Å². The van der Waals surface area contributed by atoms with Crippen molar-refractivity contribution in [2.45, 2.75) is 65.1 Å². The van der Waals surface area contributed by atoms with Gasteiger partial charge in [0.15, 0.2) is 0 Å². The maximum Gasteiger partial charge on any atom is 0.326 e. The van der Waals surface area contributed by atoms with Crippen LogP contribution in [0, 0.1) is 11.8 Å². The van der Waals surface area contributed by atoms with Crippen molar-refractivity contribution in [3.63, 3.8) is 0 Å². The standard InChI is InChI=1S/C16H30N4O5/c1-5-9(4)13(16(24)25)20-15(23)11(6-8(2)3)19-14(22)10(17)7-12(18)21/h8-11,13H,5-7,17H2,1-4H3,(H2,18,21)(H,19,22)(H,20,23)(H,24,25). The minimum absolute atomic E-state index is 0.0651. The van der Waals surface area contributed by atoms with Crippen molar-refractivity contribution in [2.24, 2.45) is 23.3 Å². The molecule has 144 valence electrons. The Labute approximate surface area is 147 Å². The summed E-state index contributed by atoms with van der Waals surface area (Å²) < 4.78 is 0. The molecule has 0 heterocycles. The molecule has 9 nitrogen and oxygen atoms in total. The van der Waals surface area contributed by atoms with Gasteiger partial charge < -0.3 is 27.2 Å². The van der Waals surface area contributed by atoms with Gasteiger partial charge >= 0.3 is 5.97 Å². The van der Waals surface area contributed by atoms with Crippen molar-refractivity contribution in [3.05, 3.63) is 0 Å². The Morgan fingerprint density at radius 3 is 2.00 bits per heavy atom. The van der Waals surface area contributed by atoms with Gasteiger partial charge in [0.2, 0.25) is 17.7 Å². The molecule has 4 atom stereocenters. The van der Waals surface area contributed by atoms with Gasteiger partial charge in [0.05, 0.1) is 12.5 Å². The second-order valence-electron chi connectivity index (χ2n) is 6.68. The average molecular weight is 358 g/mol. The number of aliphatic carboxylic acids is 1. The number of carbonyl (C=O) groups is 4. The first-order valence-corrected chi connectivity index (χ1v) is 8.36. The first-order chi connectivity index (χ1) is 11.5. The first-order valence-electron chi connectivity index (χ1n) is 8.36. The van der Waals surface area contributed by atoms with Crippen molar-refractivity contribution < 1.29 is 24.3 Å². The maximum absolute atomic E-state index is 12.5. The largest absolute Gasteiger partial charge is 0.480 e. The molecule has 0 rings (SSSR count). The lowest BCUT2D eigenvalue weighted by Gasteiger charge is -2.26. The van der Waals surface area contributed by atoms with E-state index in [-0.39, 0.29) is 18.3 Å². The highest BCUT2D eigenvalue weighted by Crippen LogP contribution is 2.10. The third kappa shape index (κ3) is 8.48. The molecule has 0 aliphatic rings. The van der Waals surface area contributed by atoms with E-state index < -0.39 is 41.8 Å². The van der Waals surface area contributed by atoms with Gasteiger partial charge in [-0.15, -0.1) is 0 Å². The third-order valence-corrected chi connectivity index (χ3v) is 3.87. The van der Waals surface area contributed by atoms with Gasteiger partial charge in [-0.1, -0.05) is 34.1 Å². The molecule has 0 aliphatic heterocycles. The number of rotatable bonds is 11.